The second-order valence-corrected chi connectivity index (χ2v) is 8.40. The summed E-state index contributed by atoms with van der Waals surface area (Å²) in [7, 11) is 0. The molecule has 0 aliphatic carbocycles. The highest BCUT2D eigenvalue weighted by Gasteiger charge is 2.32. The Labute approximate surface area is 150 Å². The fraction of sp³-hybridized carbons (Fsp3) is 0.600. The number of rotatable bonds is 5. The maximum atomic E-state index is 13.0. The van der Waals surface area contributed by atoms with Crippen molar-refractivity contribution < 1.29 is 18.7 Å². The lowest BCUT2D eigenvalue weighted by Gasteiger charge is -2.38. The molecule has 140 valence electrons. The molecule has 1 amide bonds. The summed E-state index contributed by atoms with van der Waals surface area (Å²) in [5.41, 5.74) is -0.321. The van der Waals surface area contributed by atoms with Gasteiger partial charge in [-0.3, -0.25) is 4.79 Å². The van der Waals surface area contributed by atoms with Crippen molar-refractivity contribution in [3.05, 3.63) is 35.6 Å². The Morgan fingerprint density at radius 3 is 2.04 bits per heavy atom. The molecule has 0 fully saturated rings. The standard InChI is InChI=1S/C20H30FNO3/c1-14(19(2,3)4)22(18(24)25-20(5,6)7)13-12-17(23)15-8-10-16(21)11-9-15/h8-11,14H,12-13H2,1-7H3. The summed E-state index contributed by atoms with van der Waals surface area (Å²) in [4.78, 5) is 26.5. The normalized spacial score (nSPS) is 13.3. The van der Waals surface area contributed by atoms with Crippen LogP contribution in [-0.2, 0) is 4.74 Å². The zero-order valence-electron chi connectivity index (χ0n) is 16.4. The minimum Gasteiger partial charge on any atom is -0.444 e. The first-order valence-corrected chi connectivity index (χ1v) is 8.59. The quantitative estimate of drug-likeness (QED) is 0.696. The third-order valence-electron chi connectivity index (χ3n) is 4.09. The molecule has 0 heterocycles. The summed E-state index contributed by atoms with van der Waals surface area (Å²) in [5.74, 6) is -0.511. The maximum Gasteiger partial charge on any atom is 0.410 e. The number of Topliss-reactive ketones (excluding diaryl/α,β-unsaturated/α-hetero) is 1. The van der Waals surface area contributed by atoms with E-state index in [0.717, 1.165) is 0 Å². The Bertz CT molecular complexity index is 597. The summed E-state index contributed by atoms with van der Waals surface area (Å²) in [6, 6.07) is 5.34. The lowest BCUT2D eigenvalue weighted by molar-refractivity contribution is 0.00534. The van der Waals surface area contributed by atoms with E-state index in [2.05, 4.69) is 0 Å². The third kappa shape index (κ3) is 6.85. The van der Waals surface area contributed by atoms with Gasteiger partial charge in [0.25, 0.3) is 0 Å². The minimum absolute atomic E-state index is 0.108. The average Bonchev–Trinajstić information content (AvgIpc) is 2.44. The molecule has 0 saturated heterocycles. The summed E-state index contributed by atoms with van der Waals surface area (Å²) in [6.07, 6.45) is -0.271. The van der Waals surface area contributed by atoms with Gasteiger partial charge >= 0.3 is 6.09 Å². The SMILES string of the molecule is CC(N(CCC(=O)c1ccc(F)cc1)C(=O)OC(C)(C)C)C(C)(C)C. The number of halogens is 1. The van der Waals surface area contributed by atoms with Gasteiger partial charge in [0.1, 0.15) is 11.4 Å². The maximum absolute atomic E-state index is 13.0. The van der Waals surface area contributed by atoms with Crippen LogP contribution in [0.4, 0.5) is 9.18 Å². The van der Waals surface area contributed by atoms with Gasteiger partial charge in [-0.05, 0) is 57.4 Å². The number of amides is 1. The Morgan fingerprint density at radius 2 is 1.60 bits per heavy atom. The topological polar surface area (TPSA) is 46.6 Å². The first-order valence-electron chi connectivity index (χ1n) is 8.59. The molecule has 0 aliphatic rings. The van der Waals surface area contributed by atoms with Crippen LogP contribution in [0.15, 0.2) is 24.3 Å². The highest BCUT2D eigenvalue weighted by molar-refractivity contribution is 5.96. The van der Waals surface area contributed by atoms with E-state index in [0.29, 0.717) is 5.56 Å². The smallest absolute Gasteiger partial charge is 0.410 e. The molecule has 1 rings (SSSR count). The van der Waals surface area contributed by atoms with E-state index in [1.165, 1.54) is 24.3 Å². The largest absolute Gasteiger partial charge is 0.444 e. The van der Waals surface area contributed by atoms with Gasteiger partial charge in [0.2, 0.25) is 0 Å². The van der Waals surface area contributed by atoms with Crippen molar-refractivity contribution in [2.75, 3.05) is 6.54 Å². The predicted octanol–water partition coefficient (Wildman–Crippen LogP) is 5.07. The Kier molecular flexibility index (Phi) is 6.75. The predicted molar refractivity (Wildman–Crippen MR) is 97.2 cm³/mol. The van der Waals surface area contributed by atoms with Crippen molar-refractivity contribution in [1.29, 1.82) is 0 Å². The summed E-state index contributed by atoms with van der Waals surface area (Å²) >= 11 is 0. The fourth-order valence-electron chi connectivity index (χ4n) is 2.23. The summed E-state index contributed by atoms with van der Waals surface area (Å²) in [6.45, 7) is 13.8. The molecule has 25 heavy (non-hydrogen) atoms. The van der Waals surface area contributed by atoms with E-state index >= 15 is 0 Å². The van der Waals surface area contributed by atoms with Crippen LogP contribution in [0.25, 0.3) is 0 Å². The number of ether oxygens (including phenoxy) is 1. The van der Waals surface area contributed by atoms with E-state index in [-0.39, 0.29) is 36.0 Å². The Morgan fingerprint density at radius 1 is 1.08 bits per heavy atom. The van der Waals surface area contributed by atoms with Crippen molar-refractivity contribution in [3.8, 4) is 0 Å². The number of carbonyl (C=O) groups is 2. The molecule has 4 nitrogen and oxygen atoms in total. The number of benzene rings is 1. The molecule has 0 aromatic heterocycles. The van der Waals surface area contributed by atoms with Gasteiger partial charge in [-0.1, -0.05) is 20.8 Å². The van der Waals surface area contributed by atoms with Crippen LogP contribution < -0.4 is 0 Å². The van der Waals surface area contributed by atoms with Crippen LogP contribution in [-0.4, -0.2) is 35.0 Å². The molecule has 0 saturated carbocycles. The number of hydrogen-bond donors (Lipinski definition) is 0. The first kappa shape index (κ1) is 21.1. The van der Waals surface area contributed by atoms with Crippen molar-refractivity contribution in [2.24, 2.45) is 5.41 Å². The summed E-state index contributed by atoms with van der Waals surface area (Å²) in [5, 5.41) is 0. The monoisotopic (exact) mass is 351 g/mol. The molecule has 5 heteroatoms. The van der Waals surface area contributed by atoms with Gasteiger partial charge in [0.05, 0.1) is 0 Å². The van der Waals surface area contributed by atoms with Crippen molar-refractivity contribution in [3.63, 3.8) is 0 Å². The van der Waals surface area contributed by atoms with Crippen LogP contribution in [0.1, 0.15) is 65.2 Å². The molecular weight excluding hydrogens is 321 g/mol. The molecule has 0 N–H and O–H groups in total. The number of hydrogen-bond acceptors (Lipinski definition) is 3. The Balaban J connectivity index is 2.87. The number of nitrogens with zero attached hydrogens (tertiary/aromatic N) is 1. The third-order valence-corrected chi connectivity index (χ3v) is 4.09. The van der Waals surface area contributed by atoms with E-state index < -0.39 is 11.7 Å². The number of carbonyl (C=O) groups excluding carboxylic acids is 2. The molecule has 1 aromatic carbocycles. The van der Waals surface area contributed by atoms with Crippen molar-refractivity contribution >= 4 is 11.9 Å². The van der Waals surface area contributed by atoms with E-state index in [1.807, 2.05) is 48.5 Å². The van der Waals surface area contributed by atoms with Crippen LogP contribution >= 0.6 is 0 Å². The second-order valence-electron chi connectivity index (χ2n) is 8.40. The average molecular weight is 351 g/mol. The van der Waals surface area contributed by atoms with Gasteiger partial charge in [-0.15, -0.1) is 0 Å². The van der Waals surface area contributed by atoms with Gasteiger partial charge < -0.3 is 9.64 Å². The zero-order valence-corrected chi connectivity index (χ0v) is 16.4. The van der Waals surface area contributed by atoms with E-state index in [1.54, 1.807) is 4.90 Å². The van der Waals surface area contributed by atoms with E-state index in [4.69, 9.17) is 4.74 Å². The summed E-state index contributed by atoms with van der Waals surface area (Å²) < 4.78 is 18.5. The Hall–Kier alpha value is -1.91. The molecular formula is C20H30FNO3. The molecule has 1 aromatic rings. The first-order chi connectivity index (χ1) is 11.3. The van der Waals surface area contributed by atoms with Gasteiger partial charge in [-0.2, -0.15) is 0 Å². The van der Waals surface area contributed by atoms with Gasteiger partial charge in [0, 0.05) is 24.6 Å². The van der Waals surface area contributed by atoms with Gasteiger partial charge in [0.15, 0.2) is 5.78 Å². The molecule has 0 aliphatic heterocycles. The highest BCUT2D eigenvalue weighted by Crippen LogP contribution is 2.26. The molecule has 1 atom stereocenters. The van der Waals surface area contributed by atoms with Crippen LogP contribution in [0, 0.1) is 11.2 Å². The van der Waals surface area contributed by atoms with Crippen molar-refractivity contribution in [2.45, 2.75) is 66.5 Å². The minimum atomic E-state index is -0.603. The molecule has 0 spiro atoms. The fourth-order valence-corrected chi connectivity index (χ4v) is 2.23. The molecule has 1 unspecified atom stereocenters. The van der Waals surface area contributed by atoms with Crippen LogP contribution in [0.5, 0.6) is 0 Å². The van der Waals surface area contributed by atoms with Crippen molar-refractivity contribution in [1.82, 2.24) is 4.90 Å². The lowest BCUT2D eigenvalue weighted by Crippen LogP contribution is -2.48. The van der Waals surface area contributed by atoms with Gasteiger partial charge in [-0.25, -0.2) is 9.18 Å². The molecule has 0 radical (unpaired) electrons. The number of ketones is 1. The van der Waals surface area contributed by atoms with E-state index in [9.17, 15) is 14.0 Å². The van der Waals surface area contributed by atoms with Crippen LogP contribution in [0.3, 0.4) is 0 Å². The zero-order chi connectivity index (χ0) is 19.4. The second kappa shape index (κ2) is 7.98. The molecule has 0 bridgehead atoms. The highest BCUT2D eigenvalue weighted by atomic mass is 19.1. The van der Waals surface area contributed by atoms with Crippen LogP contribution in [0.2, 0.25) is 0 Å². The lowest BCUT2D eigenvalue weighted by atomic mass is 9.87.